The first-order chi connectivity index (χ1) is 15.9. The van der Waals surface area contributed by atoms with Crippen molar-refractivity contribution in [1.82, 2.24) is 20.4 Å². The lowest BCUT2D eigenvalue weighted by Gasteiger charge is -2.48. The molecule has 1 amide bonds. The van der Waals surface area contributed by atoms with Gasteiger partial charge in [0, 0.05) is 36.6 Å². The molecule has 33 heavy (non-hydrogen) atoms. The van der Waals surface area contributed by atoms with Crippen molar-refractivity contribution in [1.29, 1.82) is 0 Å². The van der Waals surface area contributed by atoms with Gasteiger partial charge in [0.25, 0.3) is 0 Å². The number of aliphatic hydroxyl groups is 1. The minimum absolute atomic E-state index is 0.0478. The summed E-state index contributed by atoms with van der Waals surface area (Å²) in [7, 11) is 0. The molecule has 2 fully saturated rings. The summed E-state index contributed by atoms with van der Waals surface area (Å²) in [6, 6.07) is 10.4. The van der Waals surface area contributed by atoms with E-state index in [0.29, 0.717) is 17.4 Å². The van der Waals surface area contributed by atoms with Crippen LogP contribution in [0.2, 0.25) is 0 Å². The van der Waals surface area contributed by atoms with Crippen LogP contribution in [0.1, 0.15) is 42.5 Å². The van der Waals surface area contributed by atoms with E-state index in [1.807, 2.05) is 50.4 Å². The van der Waals surface area contributed by atoms with E-state index in [1.165, 1.54) is 0 Å². The van der Waals surface area contributed by atoms with Gasteiger partial charge in [-0.1, -0.05) is 22.9 Å². The minimum Gasteiger partial charge on any atom is -0.385 e. The second-order valence-corrected chi connectivity index (χ2v) is 9.55. The monoisotopic (exact) mass is 449 g/mol. The van der Waals surface area contributed by atoms with Gasteiger partial charge in [-0.15, -0.1) is 0 Å². The molecule has 1 aliphatic heterocycles. The Morgan fingerprint density at radius 1 is 1.21 bits per heavy atom. The van der Waals surface area contributed by atoms with Crippen LogP contribution >= 0.6 is 0 Å². The van der Waals surface area contributed by atoms with Gasteiger partial charge < -0.3 is 20.3 Å². The zero-order chi connectivity index (χ0) is 23.0. The Morgan fingerprint density at radius 3 is 2.73 bits per heavy atom. The van der Waals surface area contributed by atoms with Crippen LogP contribution in [0.15, 0.2) is 41.1 Å². The predicted molar refractivity (Wildman–Crippen MR) is 126 cm³/mol. The van der Waals surface area contributed by atoms with Gasteiger partial charge in [-0.3, -0.25) is 14.7 Å². The Hall–Kier alpha value is -2.97. The summed E-state index contributed by atoms with van der Waals surface area (Å²) in [5.74, 6) is 0.547. The second-order valence-electron chi connectivity index (χ2n) is 9.55. The number of rotatable bonds is 6. The topological polar surface area (TPSA) is 104 Å². The van der Waals surface area contributed by atoms with E-state index in [-0.39, 0.29) is 18.5 Å². The van der Waals surface area contributed by atoms with Crippen LogP contribution in [-0.4, -0.2) is 57.8 Å². The zero-order valence-corrected chi connectivity index (χ0v) is 19.2. The van der Waals surface area contributed by atoms with Gasteiger partial charge >= 0.3 is 0 Å². The summed E-state index contributed by atoms with van der Waals surface area (Å²) in [4.78, 5) is 19.2. The average molecular weight is 450 g/mol. The molecule has 1 aromatic carbocycles. The van der Waals surface area contributed by atoms with E-state index in [1.54, 1.807) is 0 Å². The molecule has 1 saturated carbocycles. The van der Waals surface area contributed by atoms with Crippen molar-refractivity contribution in [3.63, 3.8) is 0 Å². The molecule has 0 atom stereocenters. The molecule has 3 aromatic rings. The molecule has 174 valence electrons. The van der Waals surface area contributed by atoms with Gasteiger partial charge in [0.1, 0.15) is 0 Å². The van der Waals surface area contributed by atoms with E-state index >= 15 is 0 Å². The maximum atomic E-state index is 12.4. The average Bonchev–Trinajstić information content (AvgIpc) is 3.18. The molecule has 2 aliphatic rings. The highest BCUT2D eigenvalue weighted by Crippen LogP contribution is 2.39. The molecular weight excluding hydrogens is 418 g/mol. The highest BCUT2D eigenvalue weighted by molar-refractivity contribution is 5.90. The normalized spacial score (nSPS) is 23.9. The first-order valence-corrected chi connectivity index (χ1v) is 11.7. The van der Waals surface area contributed by atoms with Crippen molar-refractivity contribution in [3.8, 4) is 0 Å². The lowest BCUT2D eigenvalue weighted by molar-refractivity contribution is -0.121. The molecule has 2 aromatic heterocycles. The molecule has 1 aliphatic carbocycles. The number of carbonyl (C=O) groups excluding carboxylic acids is 1. The summed E-state index contributed by atoms with van der Waals surface area (Å²) in [5.41, 5.74) is 2.93. The molecule has 3 heterocycles. The van der Waals surface area contributed by atoms with Crippen LogP contribution in [0, 0.1) is 13.8 Å². The number of benzene rings is 1. The lowest BCUT2D eigenvalue weighted by atomic mass is 9.77. The molecule has 8 heteroatoms. The SMILES string of the molecule is Cc1ccc2onc(NCC(=O)NC3CN([C@H]4CC[C@@](O)(c5ccc(C)nc5)CC4)C3)c2c1. The number of anilines is 1. The maximum Gasteiger partial charge on any atom is 0.239 e. The number of aromatic nitrogens is 2. The van der Waals surface area contributed by atoms with Crippen molar-refractivity contribution < 1.29 is 14.4 Å². The standard InChI is InChI=1S/C25H31N5O3/c1-16-3-6-22-21(11-16)24(29-33-22)27-13-23(31)28-19-14-30(15-19)20-7-9-25(32,10-8-20)18-5-4-17(2)26-12-18/h3-6,11-12,19-20,32H,7-10,13-15H2,1-2H3,(H,27,29)(H,28,31)/t20-,25-. The Kier molecular flexibility index (Phi) is 5.80. The number of pyridine rings is 1. The van der Waals surface area contributed by atoms with Crippen molar-refractivity contribution in [3.05, 3.63) is 53.3 Å². The fourth-order valence-corrected chi connectivity index (χ4v) is 5.00. The summed E-state index contributed by atoms with van der Waals surface area (Å²) in [5, 5.41) is 22.2. The van der Waals surface area contributed by atoms with Gasteiger partial charge in [0.05, 0.1) is 23.6 Å². The second kappa shape index (κ2) is 8.76. The van der Waals surface area contributed by atoms with E-state index in [2.05, 4.69) is 25.7 Å². The summed E-state index contributed by atoms with van der Waals surface area (Å²) >= 11 is 0. The van der Waals surface area contributed by atoms with E-state index in [0.717, 1.165) is 61.0 Å². The number of hydrogen-bond acceptors (Lipinski definition) is 7. The zero-order valence-electron chi connectivity index (χ0n) is 19.2. The molecule has 3 N–H and O–H groups in total. The Bertz CT molecular complexity index is 1130. The fraction of sp³-hybridized carbons (Fsp3) is 0.480. The summed E-state index contributed by atoms with van der Waals surface area (Å²) in [6.45, 7) is 5.84. The molecule has 5 rings (SSSR count). The number of nitrogens with one attached hydrogen (secondary N) is 2. The summed E-state index contributed by atoms with van der Waals surface area (Å²) < 4.78 is 5.31. The van der Waals surface area contributed by atoms with Crippen LogP contribution < -0.4 is 10.6 Å². The number of aryl methyl sites for hydroxylation is 2. The number of nitrogens with zero attached hydrogens (tertiary/aromatic N) is 3. The van der Waals surface area contributed by atoms with Crippen LogP contribution in [0.25, 0.3) is 11.0 Å². The highest BCUT2D eigenvalue weighted by Gasteiger charge is 2.40. The molecule has 0 radical (unpaired) electrons. The number of fused-ring (bicyclic) bond motifs is 1. The van der Waals surface area contributed by atoms with Crippen molar-refractivity contribution >= 4 is 22.7 Å². The fourth-order valence-electron chi connectivity index (χ4n) is 5.00. The Balaban J connectivity index is 1.06. The molecule has 8 nitrogen and oxygen atoms in total. The maximum absolute atomic E-state index is 12.4. The van der Waals surface area contributed by atoms with E-state index < -0.39 is 5.60 Å². The van der Waals surface area contributed by atoms with E-state index in [9.17, 15) is 9.90 Å². The summed E-state index contributed by atoms with van der Waals surface area (Å²) in [6.07, 6.45) is 5.19. The van der Waals surface area contributed by atoms with Crippen LogP contribution in [0.3, 0.4) is 0 Å². The molecular formula is C25H31N5O3. The minimum atomic E-state index is -0.773. The molecule has 0 bridgehead atoms. The number of carbonyl (C=O) groups is 1. The molecule has 1 saturated heterocycles. The van der Waals surface area contributed by atoms with Gasteiger partial charge in [0.2, 0.25) is 5.91 Å². The van der Waals surface area contributed by atoms with E-state index in [4.69, 9.17) is 4.52 Å². The number of amides is 1. The van der Waals surface area contributed by atoms with Crippen LogP contribution in [0.5, 0.6) is 0 Å². The van der Waals surface area contributed by atoms with Gasteiger partial charge in [-0.2, -0.15) is 0 Å². The number of hydrogen-bond donors (Lipinski definition) is 3. The lowest BCUT2D eigenvalue weighted by Crippen LogP contribution is -2.63. The third kappa shape index (κ3) is 4.58. The third-order valence-electron chi connectivity index (χ3n) is 7.06. The quantitative estimate of drug-likeness (QED) is 0.532. The van der Waals surface area contributed by atoms with Crippen molar-refractivity contribution in [2.45, 2.75) is 57.2 Å². The van der Waals surface area contributed by atoms with Gasteiger partial charge in [-0.05, 0) is 57.7 Å². The Morgan fingerprint density at radius 2 is 2.00 bits per heavy atom. The van der Waals surface area contributed by atoms with Crippen molar-refractivity contribution in [2.75, 3.05) is 25.0 Å². The van der Waals surface area contributed by atoms with Gasteiger partial charge in [0.15, 0.2) is 11.4 Å². The largest absolute Gasteiger partial charge is 0.385 e. The van der Waals surface area contributed by atoms with Gasteiger partial charge in [-0.25, -0.2) is 0 Å². The Labute approximate surface area is 193 Å². The number of likely N-dealkylation sites (tertiary alicyclic amines) is 1. The first-order valence-electron chi connectivity index (χ1n) is 11.7. The highest BCUT2D eigenvalue weighted by atomic mass is 16.5. The van der Waals surface area contributed by atoms with Crippen LogP contribution in [-0.2, 0) is 10.4 Å². The predicted octanol–water partition coefficient (Wildman–Crippen LogP) is 2.88. The first kappa shape index (κ1) is 21.9. The molecule has 0 spiro atoms. The smallest absolute Gasteiger partial charge is 0.239 e. The molecule has 0 unspecified atom stereocenters. The van der Waals surface area contributed by atoms with Crippen molar-refractivity contribution in [2.24, 2.45) is 0 Å². The van der Waals surface area contributed by atoms with Crippen LogP contribution in [0.4, 0.5) is 5.82 Å². The third-order valence-corrected chi connectivity index (χ3v) is 7.06.